The van der Waals surface area contributed by atoms with Crippen LogP contribution in [0.5, 0.6) is 0 Å². The van der Waals surface area contributed by atoms with E-state index in [0.29, 0.717) is 6.54 Å². The summed E-state index contributed by atoms with van der Waals surface area (Å²) in [7, 11) is 2.86. The number of nitrogens with zero attached hydrogens (tertiary/aromatic N) is 1. The molecule has 80 valence electrons. The number of rotatable bonds is 3. The molecule has 1 aliphatic rings. The van der Waals surface area contributed by atoms with Crippen LogP contribution in [0.4, 0.5) is 0 Å². The van der Waals surface area contributed by atoms with Gasteiger partial charge in [0.15, 0.2) is 0 Å². The maximum Gasteiger partial charge on any atom is 0.396 e. The molecule has 0 aliphatic heterocycles. The Labute approximate surface area is 84.2 Å². The van der Waals surface area contributed by atoms with E-state index in [9.17, 15) is 9.59 Å². The molecule has 14 heavy (non-hydrogen) atoms. The highest BCUT2D eigenvalue weighted by Crippen LogP contribution is 2.29. The van der Waals surface area contributed by atoms with Crippen LogP contribution in [-0.2, 0) is 14.3 Å². The lowest BCUT2D eigenvalue weighted by Gasteiger charge is -2.27. The van der Waals surface area contributed by atoms with E-state index in [0.717, 1.165) is 12.3 Å². The summed E-state index contributed by atoms with van der Waals surface area (Å²) in [6.45, 7) is 0.651. The molecule has 1 fully saturated rings. The van der Waals surface area contributed by atoms with Crippen molar-refractivity contribution in [3.8, 4) is 0 Å². The Bertz CT molecular complexity index is 223. The monoisotopic (exact) mass is 199 g/mol. The van der Waals surface area contributed by atoms with Gasteiger partial charge in [0, 0.05) is 13.6 Å². The van der Waals surface area contributed by atoms with E-state index < -0.39 is 11.9 Å². The first-order valence-electron chi connectivity index (χ1n) is 4.98. The maximum absolute atomic E-state index is 11.2. The SMILES string of the molecule is COC(=O)C(=O)N(C)CCC1CCC1. The van der Waals surface area contributed by atoms with E-state index in [-0.39, 0.29) is 0 Å². The van der Waals surface area contributed by atoms with Crippen LogP contribution in [0.25, 0.3) is 0 Å². The lowest BCUT2D eigenvalue weighted by molar-refractivity contribution is -0.157. The van der Waals surface area contributed by atoms with Crippen molar-refractivity contribution in [3.05, 3.63) is 0 Å². The van der Waals surface area contributed by atoms with Gasteiger partial charge in [-0.2, -0.15) is 0 Å². The Balaban J connectivity index is 2.22. The molecule has 1 aliphatic carbocycles. The molecule has 4 nitrogen and oxygen atoms in total. The van der Waals surface area contributed by atoms with Crippen molar-refractivity contribution in [1.82, 2.24) is 4.90 Å². The van der Waals surface area contributed by atoms with Gasteiger partial charge >= 0.3 is 11.9 Å². The van der Waals surface area contributed by atoms with Crippen molar-refractivity contribution in [3.63, 3.8) is 0 Å². The molecule has 0 aromatic heterocycles. The van der Waals surface area contributed by atoms with Crippen molar-refractivity contribution >= 4 is 11.9 Å². The second-order valence-corrected chi connectivity index (χ2v) is 3.80. The zero-order valence-corrected chi connectivity index (χ0v) is 8.78. The van der Waals surface area contributed by atoms with Gasteiger partial charge in [0.05, 0.1) is 7.11 Å². The average molecular weight is 199 g/mol. The lowest BCUT2D eigenvalue weighted by Crippen LogP contribution is -2.35. The van der Waals surface area contributed by atoms with Gasteiger partial charge in [-0.15, -0.1) is 0 Å². The Morgan fingerprint density at radius 2 is 2.07 bits per heavy atom. The highest BCUT2D eigenvalue weighted by atomic mass is 16.5. The third-order valence-corrected chi connectivity index (χ3v) is 2.80. The molecule has 0 unspecified atom stereocenters. The fraction of sp³-hybridized carbons (Fsp3) is 0.800. The van der Waals surface area contributed by atoms with Gasteiger partial charge in [0.1, 0.15) is 0 Å². The molecule has 0 bridgehead atoms. The Kier molecular flexibility index (Phi) is 3.92. The number of hydrogen-bond acceptors (Lipinski definition) is 3. The molecule has 0 atom stereocenters. The standard InChI is InChI=1S/C10H17NO3/c1-11(9(12)10(13)14-2)7-6-8-4-3-5-8/h8H,3-7H2,1-2H3. The third-order valence-electron chi connectivity index (χ3n) is 2.80. The molecule has 1 amide bonds. The van der Waals surface area contributed by atoms with Crippen molar-refractivity contribution in [2.24, 2.45) is 5.92 Å². The van der Waals surface area contributed by atoms with Gasteiger partial charge in [0.25, 0.3) is 0 Å². The fourth-order valence-electron chi connectivity index (χ4n) is 1.50. The summed E-state index contributed by atoms with van der Waals surface area (Å²) >= 11 is 0. The zero-order chi connectivity index (χ0) is 10.6. The van der Waals surface area contributed by atoms with Crippen LogP contribution >= 0.6 is 0 Å². The molecular weight excluding hydrogens is 182 g/mol. The number of carbonyl (C=O) groups is 2. The van der Waals surface area contributed by atoms with E-state index in [1.807, 2.05) is 0 Å². The number of amides is 1. The van der Waals surface area contributed by atoms with Gasteiger partial charge < -0.3 is 9.64 Å². The third kappa shape index (κ3) is 2.72. The Hall–Kier alpha value is -1.06. The van der Waals surface area contributed by atoms with Crippen molar-refractivity contribution in [1.29, 1.82) is 0 Å². The lowest BCUT2D eigenvalue weighted by atomic mass is 9.83. The van der Waals surface area contributed by atoms with Crippen LogP contribution in [0.3, 0.4) is 0 Å². The first-order chi connectivity index (χ1) is 6.65. The van der Waals surface area contributed by atoms with E-state index in [2.05, 4.69) is 4.74 Å². The summed E-state index contributed by atoms with van der Waals surface area (Å²) < 4.78 is 4.35. The molecule has 0 saturated heterocycles. The normalized spacial score (nSPS) is 15.9. The van der Waals surface area contributed by atoms with Crippen molar-refractivity contribution in [2.75, 3.05) is 20.7 Å². The predicted octanol–water partition coefficient (Wildman–Crippen LogP) is 0.808. The van der Waals surface area contributed by atoms with Crippen molar-refractivity contribution in [2.45, 2.75) is 25.7 Å². The van der Waals surface area contributed by atoms with Gasteiger partial charge in [-0.05, 0) is 12.3 Å². The molecule has 0 radical (unpaired) electrons. The molecule has 0 aromatic carbocycles. The fourth-order valence-corrected chi connectivity index (χ4v) is 1.50. The maximum atomic E-state index is 11.2. The van der Waals surface area contributed by atoms with Crippen LogP contribution < -0.4 is 0 Å². The predicted molar refractivity (Wildman–Crippen MR) is 51.6 cm³/mol. The Morgan fingerprint density at radius 1 is 1.43 bits per heavy atom. The first-order valence-corrected chi connectivity index (χ1v) is 4.98. The largest absolute Gasteiger partial charge is 0.462 e. The van der Waals surface area contributed by atoms with Gasteiger partial charge in [0.2, 0.25) is 0 Å². The summed E-state index contributed by atoms with van der Waals surface area (Å²) in [5.74, 6) is -0.573. The molecule has 1 saturated carbocycles. The number of likely N-dealkylation sites (N-methyl/N-ethyl adjacent to an activating group) is 1. The van der Waals surface area contributed by atoms with Gasteiger partial charge in [-0.3, -0.25) is 4.79 Å². The molecule has 0 spiro atoms. The number of methoxy groups -OCH3 is 1. The summed E-state index contributed by atoms with van der Waals surface area (Å²) in [4.78, 5) is 23.5. The van der Waals surface area contributed by atoms with E-state index >= 15 is 0 Å². The summed E-state index contributed by atoms with van der Waals surface area (Å²) in [6.07, 6.45) is 4.83. The quantitative estimate of drug-likeness (QED) is 0.499. The summed E-state index contributed by atoms with van der Waals surface area (Å²) in [6, 6.07) is 0. The number of hydrogen-bond donors (Lipinski definition) is 0. The molecule has 1 rings (SSSR count). The minimum Gasteiger partial charge on any atom is -0.462 e. The topological polar surface area (TPSA) is 46.6 Å². The van der Waals surface area contributed by atoms with Crippen LogP contribution in [-0.4, -0.2) is 37.5 Å². The second kappa shape index (κ2) is 4.98. The second-order valence-electron chi connectivity index (χ2n) is 3.80. The first kappa shape index (κ1) is 11.0. The summed E-state index contributed by atoms with van der Waals surface area (Å²) in [5, 5.41) is 0. The highest BCUT2D eigenvalue weighted by Gasteiger charge is 2.22. The van der Waals surface area contributed by atoms with Gasteiger partial charge in [-0.1, -0.05) is 19.3 Å². The minimum atomic E-state index is -0.777. The summed E-state index contributed by atoms with van der Waals surface area (Å²) in [5.41, 5.74) is 0. The number of ether oxygens (including phenoxy) is 1. The molecular formula is C10H17NO3. The van der Waals surface area contributed by atoms with E-state index in [4.69, 9.17) is 0 Å². The molecule has 0 aromatic rings. The highest BCUT2D eigenvalue weighted by molar-refractivity contribution is 6.32. The zero-order valence-electron chi connectivity index (χ0n) is 8.78. The minimum absolute atomic E-state index is 0.549. The van der Waals surface area contributed by atoms with Gasteiger partial charge in [-0.25, -0.2) is 4.79 Å². The van der Waals surface area contributed by atoms with Crippen LogP contribution in [0.15, 0.2) is 0 Å². The van der Waals surface area contributed by atoms with Crippen LogP contribution in [0.1, 0.15) is 25.7 Å². The molecule has 0 heterocycles. The van der Waals surface area contributed by atoms with Crippen LogP contribution in [0, 0.1) is 5.92 Å². The van der Waals surface area contributed by atoms with E-state index in [1.165, 1.54) is 31.3 Å². The average Bonchev–Trinajstić information content (AvgIpc) is 2.12. The number of carbonyl (C=O) groups excluding carboxylic acids is 2. The van der Waals surface area contributed by atoms with Crippen LogP contribution in [0.2, 0.25) is 0 Å². The Morgan fingerprint density at radius 3 is 2.50 bits per heavy atom. The van der Waals surface area contributed by atoms with E-state index in [1.54, 1.807) is 7.05 Å². The van der Waals surface area contributed by atoms with Crippen molar-refractivity contribution < 1.29 is 14.3 Å². The molecule has 4 heteroatoms. The smallest absolute Gasteiger partial charge is 0.396 e. The number of esters is 1. The molecule has 0 N–H and O–H groups in total.